The average Bonchev–Trinajstić information content (AvgIpc) is 2.84. The fourth-order valence-corrected chi connectivity index (χ4v) is 3.58. The number of carbonyl (C=O) groups is 3. The number of carbonyl (C=O) groups excluding carboxylic acids is 3. The topological polar surface area (TPSA) is 87.7 Å². The lowest BCUT2D eigenvalue weighted by atomic mass is 10.0. The van der Waals surface area contributed by atoms with E-state index in [1.807, 2.05) is 30.3 Å². The molecule has 0 aliphatic heterocycles. The van der Waals surface area contributed by atoms with Gasteiger partial charge in [-0.1, -0.05) is 60.1 Å². The molecule has 0 spiro atoms. The van der Waals surface area contributed by atoms with Gasteiger partial charge < -0.3 is 20.3 Å². The minimum absolute atomic E-state index is 0.0247. The second kappa shape index (κ2) is 11.9. The quantitative estimate of drug-likeness (QED) is 0.479. The van der Waals surface area contributed by atoms with E-state index in [-0.39, 0.29) is 30.7 Å². The van der Waals surface area contributed by atoms with Gasteiger partial charge in [0.15, 0.2) is 0 Å². The zero-order chi connectivity index (χ0) is 24.5. The number of likely N-dealkylation sites (N-methyl/N-ethyl adjacent to an activating group) is 1. The Kier molecular flexibility index (Phi) is 8.65. The Labute approximate surface area is 203 Å². The summed E-state index contributed by atoms with van der Waals surface area (Å²) in [6, 6.07) is 22.3. The fraction of sp³-hybridized carbons (Fsp3) is 0.192. The molecule has 0 saturated heterocycles. The number of nitrogens with one attached hydrogen (secondary N) is 2. The van der Waals surface area contributed by atoms with Crippen LogP contribution in [0.25, 0.3) is 0 Å². The number of ether oxygens (including phenoxy) is 1. The molecule has 0 saturated carbocycles. The van der Waals surface area contributed by atoms with Crippen molar-refractivity contribution in [2.75, 3.05) is 26.0 Å². The zero-order valence-corrected chi connectivity index (χ0v) is 19.7. The van der Waals surface area contributed by atoms with Gasteiger partial charge in [-0.05, 0) is 29.8 Å². The van der Waals surface area contributed by atoms with E-state index >= 15 is 0 Å². The fourth-order valence-electron chi connectivity index (χ4n) is 3.35. The lowest BCUT2D eigenvalue weighted by Gasteiger charge is -2.23. The summed E-state index contributed by atoms with van der Waals surface area (Å²) in [7, 11) is 3.09. The SMILES string of the molecule is COc1cccc(NC(=O)CN(C)C(=O)C[C@H](NC(=O)c2ccccc2Cl)c2ccccc2)c1. The van der Waals surface area contributed by atoms with Crippen LogP contribution in [0, 0.1) is 0 Å². The van der Waals surface area contributed by atoms with Crippen LogP contribution in [0.3, 0.4) is 0 Å². The van der Waals surface area contributed by atoms with E-state index in [2.05, 4.69) is 10.6 Å². The highest BCUT2D eigenvalue weighted by Crippen LogP contribution is 2.21. The second-order valence-electron chi connectivity index (χ2n) is 7.65. The van der Waals surface area contributed by atoms with Gasteiger partial charge in [-0.15, -0.1) is 0 Å². The monoisotopic (exact) mass is 479 g/mol. The third-order valence-electron chi connectivity index (χ3n) is 5.16. The van der Waals surface area contributed by atoms with Crippen molar-refractivity contribution < 1.29 is 19.1 Å². The molecule has 0 unspecified atom stereocenters. The normalized spacial score (nSPS) is 11.3. The first-order valence-corrected chi connectivity index (χ1v) is 11.0. The van der Waals surface area contributed by atoms with Gasteiger partial charge >= 0.3 is 0 Å². The van der Waals surface area contributed by atoms with Gasteiger partial charge in [0.1, 0.15) is 5.75 Å². The summed E-state index contributed by atoms with van der Waals surface area (Å²) in [6.45, 7) is -0.143. The largest absolute Gasteiger partial charge is 0.497 e. The molecule has 3 rings (SSSR count). The zero-order valence-electron chi connectivity index (χ0n) is 19.0. The Morgan fingerprint density at radius 3 is 2.38 bits per heavy atom. The second-order valence-corrected chi connectivity index (χ2v) is 8.06. The van der Waals surface area contributed by atoms with Gasteiger partial charge in [0, 0.05) is 18.8 Å². The van der Waals surface area contributed by atoms with Gasteiger partial charge in [-0.25, -0.2) is 0 Å². The number of benzene rings is 3. The van der Waals surface area contributed by atoms with Crippen molar-refractivity contribution in [2.45, 2.75) is 12.5 Å². The van der Waals surface area contributed by atoms with Gasteiger partial charge in [0.05, 0.1) is 36.7 Å². The van der Waals surface area contributed by atoms with Crippen molar-refractivity contribution in [1.29, 1.82) is 0 Å². The van der Waals surface area contributed by atoms with E-state index in [4.69, 9.17) is 16.3 Å². The molecule has 3 amide bonds. The maximum absolute atomic E-state index is 12.9. The van der Waals surface area contributed by atoms with E-state index < -0.39 is 6.04 Å². The average molecular weight is 480 g/mol. The van der Waals surface area contributed by atoms with Crippen LogP contribution in [0.2, 0.25) is 5.02 Å². The first kappa shape index (κ1) is 24.8. The number of methoxy groups -OCH3 is 1. The molecule has 3 aromatic rings. The minimum atomic E-state index is -0.596. The molecule has 0 bridgehead atoms. The first-order chi connectivity index (χ1) is 16.4. The molecule has 0 fully saturated rings. The molecular weight excluding hydrogens is 454 g/mol. The van der Waals surface area contributed by atoms with Crippen LogP contribution >= 0.6 is 11.6 Å². The van der Waals surface area contributed by atoms with Gasteiger partial charge in [-0.2, -0.15) is 0 Å². The lowest BCUT2D eigenvalue weighted by Crippen LogP contribution is -2.38. The Hall–Kier alpha value is -3.84. The van der Waals surface area contributed by atoms with Crippen molar-refractivity contribution in [3.05, 3.63) is 95.0 Å². The van der Waals surface area contributed by atoms with E-state index in [9.17, 15) is 14.4 Å². The van der Waals surface area contributed by atoms with Gasteiger partial charge in [0.25, 0.3) is 5.91 Å². The molecular formula is C26H26ClN3O4. The highest BCUT2D eigenvalue weighted by atomic mass is 35.5. The first-order valence-electron chi connectivity index (χ1n) is 10.7. The van der Waals surface area contributed by atoms with Crippen LogP contribution in [0.4, 0.5) is 5.69 Å². The third-order valence-corrected chi connectivity index (χ3v) is 5.49. The van der Waals surface area contributed by atoms with Crippen molar-refractivity contribution in [2.24, 2.45) is 0 Å². The predicted molar refractivity (Wildman–Crippen MR) is 132 cm³/mol. The third kappa shape index (κ3) is 6.83. The maximum Gasteiger partial charge on any atom is 0.253 e. The number of nitrogens with zero attached hydrogens (tertiary/aromatic N) is 1. The van der Waals surface area contributed by atoms with Crippen molar-refractivity contribution in [3.8, 4) is 5.75 Å². The van der Waals surface area contributed by atoms with Crippen molar-refractivity contribution >= 4 is 35.0 Å². The predicted octanol–water partition coefficient (Wildman–Crippen LogP) is 4.31. The molecule has 1 atom stereocenters. The minimum Gasteiger partial charge on any atom is -0.497 e. The summed E-state index contributed by atoms with van der Waals surface area (Å²) in [5, 5.41) is 5.97. The number of halogens is 1. The number of rotatable bonds is 9. The number of anilines is 1. The smallest absolute Gasteiger partial charge is 0.253 e. The standard InChI is InChI=1S/C26H26ClN3O4/c1-30(17-24(31)28-19-11-8-12-20(15-19)34-2)25(32)16-23(18-9-4-3-5-10-18)29-26(33)21-13-6-7-14-22(21)27/h3-15,23H,16-17H2,1-2H3,(H,28,31)(H,29,33)/t23-/m0/s1. The van der Waals surface area contributed by atoms with Gasteiger partial charge in [-0.3, -0.25) is 14.4 Å². The highest BCUT2D eigenvalue weighted by molar-refractivity contribution is 6.33. The van der Waals surface area contributed by atoms with Crippen LogP contribution in [0.1, 0.15) is 28.4 Å². The van der Waals surface area contributed by atoms with Crippen LogP contribution in [-0.2, 0) is 9.59 Å². The molecule has 0 aromatic heterocycles. The summed E-state index contributed by atoms with van der Waals surface area (Å²) < 4.78 is 5.15. The Balaban J connectivity index is 1.66. The molecule has 8 heteroatoms. The highest BCUT2D eigenvalue weighted by Gasteiger charge is 2.23. The molecule has 0 aliphatic carbocycles. The van der Waals surface area contributed by atoms with Crippen LogP contribution in [-0.4, -0.2) is 43.3 Å². The molecule has 34 heavy (non-hydrogen) atoms. The van der Waals surface area contributed by atoms with Crippen molar-refractivity contribution in [3.63, 3.8) is 0 Å². The number of hydrogen-bond donors (Lipinski definition) is 2. The van der Waals surface area contributed by atoms with Crippen molar-refractivity contribution in [1.82, 2.24) is 10.2 Å². The summed E-state index contributed by atoms with van der Waals surface area (Å²) in [5.74, 6) is -0.414. The van der Waals surface area contributed by atoms with E-state index in [0.717, 1.165) is 5.56 Å². The number of hydrogen-bond acceptors (Lipinski definition) is 4. The lowest BCUT2D eigenvalue weighted by molar-refractivity contribution is -0.133. The van der Waals surface area contributed by atoms with E-state index in [0.29, 0.717) is 22.0 Å². The molecule has 7 nitrogen and oxygen atoms in total. The van der Waals surface area contributed by atoms with Gasteiger partial charge in [0.2, 0.25) is 11.8 Å². The molecule has 0 heterocycles. The van der Waals surface area contributed by atoms with E-state index in [1.165, 1.54) is 4.90 Å². The summed E-state index contributed by atoms with van der Waals surface area (Å²) in [5.41, 5.74) is 1.66. The molecule has 0 radical (unpaired) electrons. The molecule has 2 N–H and O–H groups in total. The molecule has 3 aromatic carbocycles. The summed E-state index contributed by atoms with van der Waals surface area (Å²) in [4.78, 5) is 39.6. The Bertz CT molecular complexity index is 1150. The summed E-state index contributed by atoms with van der Waals surface area (Å²) in [6.07, 6.45) is -0.0247. The molecule has 0 aliphatic rings. The Morgan fingerprint density at radius 2 is 1.68 bits per heavy atom. The maximum atomic E-state index is 12.9. The van der Waals surface area contributed by atoms with Crippen LogP contribution in [0.5, 0.6) is 5.75 Å². The Morgan fingerprint density at radius 1 is 0.971 bits per heavy atom. The van der Waals surface area contributed by atoms with E-state index in [1.54, 1.807) is 62.7 Å². The van der Waals surface area contributed by atoms with Crippen LogP contribution in [0.15, 0.2) is 78.9 Å². The van der Waals surface area contributed by atoms with Crippen LogP contribution < -0.4 is 15.4 Å². The molecule has 176 valence electrons. The number of amides is 3. The summed E-state index contributed by atoms with van der Waals surface area (Å²) >= 11 is 6.16.